The summed E-state index contributed by atoms with van der Waals surface area (Å²) in [6.45, 7) is 6.17. The highest BCUT2D eigenvalue weighted by atomic mass is 14.8. The number of nitrogens with two attached hydrogens (primary N) is 1. The molecule has 0 rings (SSSR count). The van der Waals surface area contributed by atoms with E-state index in [2.05, 4.69) is 19.9 Å². The molecule has 0 amide bonds. The second-order valence-corrected chi connectivity index (χ2v) is 3.21. The molecule has 0 spiro atoms. The number of rotatable bonds is 4. The average molecular weight is 154 g/mol. The van der Waals surface area contributed by atoms with Crippen LogP contribution >= 0.6 is 0 Å². The Hall–Kier alpha value is -0.550. The smallest absolute Gasteiger partial charge is 0.106 e. The summed E-state index contributed by atoms with van der Waals surface area (Å²) in [6, 6.07) is 2.21. The third kappa shape index (κ3) is 2.51. The van der Waals surface area contributed by atoms with Crippen molar-refractivity contribution in [3.05, 3.63) is 0 Å². The minimum absolute atomic E-state index is 0.299. The van der Waals surface area contributed by atoms with Gasteiger partial charge in [0.05, 0.1) is 6.07 Å². The molecule has 2 atom stereocenters. The van der Waals surface area contributed by atoms with E-state index in [0.717, 1.165) is 19.3 Å². The highest BCUT2D eigenvalue weighted by molar-refractivity contribution is 5.06. The molecule has 0 heterocycles. The lowest BCUT2D eigenvalue weighted by Crippen LogP contribution is -2.44. The van der Waals surface area contributed by atoms with Crippen LogP contribution in [0.1, 0.15) is 40.0 Å². The summed E-state index contributed by atoms with van der Waals surface area (Å²) >= 11 is 0. The van der Waals surface area contributed by atoms with Gasteiger partial charge in [-0.05, 0) is 12.3 Å². The molecule has 0 aromatic rings. The molecular weight excluding hydrogens is 136 g/mol. The van der Waals surface area contributed by atoms with E-state index < -0.39 is 5.54 Å². The van der Waals surface area contributed by atoms with Crippen LogP contribution in [0.3, 0.4) is 0 Å². The Kier molecular flexibility index (Phi) is 4.14. The topological polar surface area (TPSA) is 49.8 Å². The maximum atomic E-state index is 8.84. The minimum Gasteiger partial charge on any atom is -0.313 e. The van der Waals surface area contributed by atoms with Crippen LogP contribution in [0.2, 0.25) is 0 Å². The molecule has 0 fully saturated rings. The van der Waals surface area contributed by atoms with E-state index in [1.807, 2.05) is 6.92 Å². The lowest BCUT2D eigenvalue weighted by Gasteiger charge is -2.27. The fourth-order valence-electron chi connectivity index (χ4n) is 1.19. The third-order valence-corrected chi connectivity index (χ3v) is 2.36. The predicted molar refractivity (Wildman–Crippen MR) is 46.9 cm³/mol. The van der Waals surface area contributed by atoms with E-state index in [1.165, 1.54) is 0 Å². The number of hydrogen-bond acceptors (Lipinski definition) is 2. The molecule has 64 valence electrons. The molecule has 2 N–H and O–H groups in total. The third-order valence-electron chi connectivity index (χ3n) is 2.36. The molecule has 0 aromatic heterocycles. The molecular formula is C9H18N2. The van der Waals surface area contributed by atoms with Gasteiger partial charge in [-0.2, -0.15) is 5.26 Å². The molecule has 0 aliphatic heterocycles. The SMILES string of the molecule is CCCC(N)(C#N)C(C)CC. The quantitative estimate of drug-likeness (QED) is 0.673. The van der Waals surface area contributed by atoms with E-state index in [0.29, 0.717) is 5.92 Å². The predicted octanol–water partition coefficient (Wildman–Crippen LogP) is 2.05. The lowest BCUT2D eigenvalue weighted by atomic mass is 9.82. The monoisotopic (exact) mass is 154 g/mol. The number of nitrogens with zero attached hydrogens (tertiary/aromatic N) is 1. The van der Waals surface area contributed by atoms with Gasteiger partial charge in [0, 0.05) is 0 Å². The standard InChI is InChI=1S/C9H18N2/c1-4-6-9(11,7-10)8(3)5-2/h8H,4-6,11H2,1-3H3. The van der Waals surface area contributed by atoms with Crippen LogP contribution in [0.4, 0.5) is 0 Å². The zero-order chi connectivity index (χ0) is 8.91. The first-order valence-electron chi connectivity index (χ1n) is 4.30. The Labute approximate surface area is 69.4 Å². The van der Waals surface area contributed by atoms with Crippen LogP contribution < -0.4 is 5.73 Å². The molecule has 2 nitrogen and oxygen atoms in total. The van der Waals surface area contributed by atoms with E-state index >= 15 is 0 Å². The van der Waals surface area contributed by atoms with Gasteiger partial charge in [-0.15, -0.1) is 0 Å². The van der Waals surface area contributed by atoms with Crippen molar-refractivity contribution in [3.63, 3.8) is 0 Å². The molecule has 0 bridgehead atoms. The second-order valence-electron chi connectivity index (χ2n) is 3.21. The molecule has 2 heteroatoms. The van der Waals surface area contributed by atoms with Gasteiger partial charge in [-0.1, -0.05) is 33.6 Å². The fraction of sp³-hybridized carbons (Fsp3) is 0.889. The van der Waals surface area contributed by atoms with E-state index in [1.54, 1.807) is 0 Å². The molecule has 11 heavy (non-hydrogen) atoms. The molecule has 0 radical (unpaired) electrons. The van der Waals surface area contributed by atoms with Gasteiger partial charge in [0.25, 0.3) is 0 Å². The summed E-state index contributed by atoms with van der Waals surface area (Å²) in [5, 5.41) is 8.84. The molecule has 0 aliphatic rings. The summed E-state index contributed by atoms with van der Waals surface area (Å²) in [7, 11) is 0. The number of nitriles is 1. The van der Waals surface area contributed by atoms with Crippen molar-refractivity contribution in [1.29, 1.82) is 5.26 Å². The first kappa shape index (κ1) is 10.4. The van der Waals surface area contributed by atoms with Crippen LogP contribution in [-0.4, -0.2) is 5.54 Å². The molecule has 0 saturated carbocycles. The summed E-state index contributed by atoms with van der Waals surface area (Å²) < 4.78 is 0. The number of hydrogen-bond donors (Lipinski definition) is 1. The van der Waals surface area contributed by atoms with Crippen molar-refractivity contribution in [2.75, 3.05) is 0 Å². The summed E-state index contributed by atoms with van der Waals surface area (Å²) in [5.74, 6) is 0.299. The van der Waals surface area contributed by atoms with E-state index in [9.17, 15) is 0 Å². The zero-order valence-electron chi connectivity index (χ0n) is 7.72. The molecule has 2 unspecified atom stereocenters. The summed E-state index contributed by atoms with van der Waals surface area (Å²) in [5.41, 5.74) is 5.31. The van der Waals surface area contributed by atoms with Gasteiger partial charge in [0.15, 0.2) is 0 Å². The Morgan fingerprint density at radius 1 is 1.55 bits per heavy atom. The highest BCUT2D eigenvalue weighted by Gasteiger charge is 2.29. The van der Waals surface area contributed by atoms with Gasteiger partial charge in [-0.3, -0.25) is 0 Å². The van der Waals surface area contributed by atoms with Crippen LogP contribution in [0.5, 0.6) is 0 Å². The van der Waals surface area contributed by atoms with Crippen LogP contribution in [-0.2, 0) is 0 Å². The van der Waals surface area contributed by atoms with E-state index in [-0.39, 0.29) is 0 Å². The minimum atomic E-state index is -0.594. The molecule has 0 aromatic carbocycles. The molecule has 0 aliphatic carbocycles. The Balaban J connectivity index is 4.22. The van der Waals surface area contributed by atoms with Crippen molar-refractivity contribution in [3.8, 4) is 6.07 Å². The maximum Gasteiger partial charge on any atom is 0.106 e. The maximum absolute atomic E-state index is 8.84. The van der Waals surface area contributed by atoms with Crippen molar-refractivity contribution in [1.82, 2.24) is 0 Å². The van der Waals surface area contributed by atoms with Gasteiger partial charge in [0.2, 0.25) is 0 Å². The van der Waals surface area contributed by atoms with Crippen molar-refractivity contribution >= 4 is 0 Å². The largest absolute Gasteiger partial charge is 0.313 e. The van der Waals surface area contributed by atoms with Crippen LogP contribution in [0, 0.1) is 17.2 Å². The first-order valence-corrected chi connectivity index (χ1v) is 4.30. The van der Waals surface area contributed by atoms with Gasteiger partial charge < -0.3 is 5.73 Å². The van der Waals surface area contributed by atoms with Crippen LogP contribution in [0.25, 0.3) is 0 Å². The van der Waals surface area contributed by atoms with E-state index in [4.69, 9.17) is 11.0 Å². The first-order chi connectivity index (χ1) is 5.10. The second kappa shape index (κ2) is 4.35. The van der Waals surface area contributed by atoms with Gasteiger partial charge in [-0.25, -0.2) is 0 Å². The average Bonchev–Trinajstić information content (AvgIpc) is 2.03. The van der Waals surface area contributed by atoms with Gasteiger partial charge >= 0.3 is 0 Å². The summed E-state index contributed by atoms with van der Waals surface area (Å²) in [6.07, 6.45) is 2.76. The van der Waals surface area contributed by atoms with Crippen molar-refractivity contribution in [2.24, 2.45) is 11.7 Å². The van der Waals surface area contributed by atoms with Crippen molar-refractivity contribution in [2.45, 2.75) is 45.6 Å². The fourth-order valence-corrected chi connectivity index (χ4v) is 1.19. The van der Waals surface area contributed by atoms with Crippen LogP contribution in [0.15, 0.2) is 0 Å². The highest BCUT2D eigenvalue weighted by Crippen LogP contribution is 2.21. The Morgan fingerprint density at radius 3 is 2.36 bits per heavy atom. The lowest BCUT2D eigenvalue weighted by molar-refractivity contribution is 0.334. The summed E-state index contributed by atoms with van der Waals surface area (Å²) in [4.78, 5) is 0. The Bertz CT molecular complexity index is 148. The van der Waals surface area contributed by atoms with Gasteiger partial charge in [0.1, 0.15) is 5.54 Å². The zero-order valence-corrected chi connectivity index (χ0v) is 7.72. The van der Waals surface area contributed by atoms with Crippen molar-refractivity contribution < 1.29 is 0 Å². The normalized spacial score (nSPS) is 18.5. The molecule has 0 saturated heterocycles. The Morgan fingerprint density at radius 2 is 2.09 bits per heavy atom.